The van der Waals surface area contributed by atoms with E-state index in [0.717, 1.165) is 36.2 Å². The van der Waals surface area contributed by atoms with Gasteiger partial charge in [0.25, 0.3) is 0 Å². The minimum absolute atomic E-state index is 0.261. The molecule has 5 nitrogen and oxygen atoms in total. The topological polar surface area (TPSA) is 70.1 Å². The molecule has 1 aromatic heterocycles. The number of aromatic nitrogens is 2. The number of aliphatic imine (C=N–C) groups is 1. The molecule has 5 heteroatoms. The van der Waals surface area contributed by atoms with E-state index in [1.165, 1.54) is 28.7 Å². The Morgan fingerprint density at radius 1 is 1.22 bits per heavy atom. The monoisotopic (exact) mass is 430 g/mol. The van der Waals surface area contributed by atoms with Crippen molar-refractivity contribution in [3.8, 4) is 11.1 Å². The molecule has 2 aromatic carbocycles. The van der Waals surface area contributed by atoms with Gasteiger partial charge in [0.05, 0.1) is 11.7 Å². The lowest BCUT2D eigenvalue weighted by molar-refractivity contribution is -0.124. The number of carbonyl (C=O) groups excluding carboxylic acids is 1. The third-order valence-electron chi connectivity index (χ3n) is 6.03. The highest BCUT2D eigenvalue weighted by molar-refractivity contribution is 5.94. The highest BCUT2D eigenvalue weighted by Gasteiger charge is 2.26. The smallest absolute Gasteiger partial charge is 0.223 e. The summed E-state index contributed by atoms with van der Waals surface area (Å²) in [6.07, 6.45) is 9.11. The maximum Gasteiger partial charge on any atom is 0.223 e. The number of amides is 1. The molecule has 2 unspecified atom stereocenters. The van der Waals surface area contributed by atoms with Crippen LogP contribution in [0.3, 0.4) is 0 Å². The van der Waals surface area contributed by atoms with Crippen molar-refractivity contribution in [1.82, 2.24) is 15.5 Å². The summed E-state index contributed by atoms with van der Waals surface area (Å²) in [5.74, 6) is 1.32. The van der Waals surface area contributed by atoms with Gasteiger partial charge in [-0.05, 0) is 73.4 Å². The van der Waals surface area contributed by atoms with Gasteiger partial charge in [0.2, 0.25) is 5.91 Å². The first-order valence-electron chi connectivity index (χ1n) is 11.4. The molecular weight excluding hydrogens is 396 g/mol. The van der Waals surface area contributed by atoms with E-state index in [4.69, 9.17) is 0 Å². The Morgan fingerprint density at radius 3 is 2.66 bits per heavy atom. The normalized spacial score (nSPS) is 18.6. The van der Waals surface area contributed by atoms with Gasteiger partial charge >= 0.3 is 0 Å². The Balaban J connectivity index is 0.000000222. The van der Waals surface area contributed by atoms with Crippen LogP contribution in [0.1, 0.15) is 45.6 Å². The zero-order valence-corrected chi connectivity index (χ0v) is 19.6. The van der Waals surface area contributed by atoms with Crippen molar-refractivity contribution < 1.29 is 4.79 Å². The number of carbonyl (C=O) groups is 1. The summed E-state index contributed by atoms with van der Waals surface area (Å²) < 4.78 is 0. The van der Waals surface area contributed by atoms with Gasteiger partial charge in [-0.1, -0.05) is 43.3 Å². The van der Waals surface area contributed by atoms with Crippen LogP contribution < -0.4 is 5.32 Å². The average molecular weight is 431 g/mol. The third kappa shape index (κ3) is 5.94. The molecule has 168 valence electrons. The first-order valence-corrected chi connectivity index (χ1v) is 11.4. The molecule has 0 saturated heterocycles. The van der Waals surface area contributed by atoms with Gasteiger partial charge in [0.15, 0.2) is 0 Å². The number of nitrogens with zero attached hydrogens (tertiary/aromatic N) is 2. The first-order chi connectivity index (χ1) is 15.5. The number of benzene rings is 2. The molecule has 1 fully saturated rings. The van der Waals surface area contributed by atoms with E-state index in [0.29, 0.717) is 5.92 Å². The summed E-state index contributed by atoms with van der Waals surface area (Å²) in [6, 6.07) is 14.8. The Morgan fingerprint density at radius 2 is 2.00 bits per heavy atom. The molecule has 1 amide bonds. The van der Waals surface area contributed by atoms with Gasteiger partial charge in [0, 0.05) is 31.1 Å². The van der Waals surface area contributed by atoms with E-state index in [-0.39, 0.29) is 5.91 Å². The fourth-order valence-electron chi connectivity index (χ4n) is 4.18. The van der Waals surface area contributed by atoms with Crippen LogP contribution in [0.2, 0.25) is 0 Å². The van der Waals surface area contributed by atoms with Crippen molar-refractivity contribution in [3.05, 3.63) is 60.3 Å². The van der Waals surface area contributed by atoms with Gasteiger partial charge in [0.1, 0.15) is 0 Å². The van der Waals surface area contributed by atoms with E-state index in [2.05, 4.69) is 64.7 Å². The molecule has 1 heterocycles. The van der Waals surface area contributed by atoms with E-state index in [9.17, 15) is 4.79 Å². The lowest BCUT2D eigenvalue weighted by Gasteiger charge is -2.08. The molecule has 32 heavy (non-hydrogen) atoms. The molecular formula is C27H34N4O. The molecule has 2 N–H and O–H groups in total. The molecule has 0 spiro atoms. The quantitative estimate of drug-likeness (QED) is 0.495. The van der Waals surface area contributed by atoms with E-state index >= 15 is 0 Å². The zero-order valence-electron chi connectivity index (χ0n) is 19.6. The van der Waals surface area contributed by atoms with Crippen molar-refractivity contribution in [2.75, 3.05) is 13.6 Å². The number of aromatic amines is 1. The van der Waals surface area contributed by atoms with Crippen LogP contribution >= 0.6 is 0 Å². The molecule has 1 saturated carbocycles. The second kappa shape index (κ2) is 11.4. The molecule has 1 aliphatic carbocycles. The van der Waals surface area contributed by atoms with Gasteiger partial charge in [-0.25, -0.2) is 0 Å². The summed E-state index contributed by atoms with van der Waals surface area (Å²) in [7, 11) is 1.78. The van der Waals surface area contributed by atoms with Gasteiger partial charge in [-0.15, -0.1) is 0 Å². The summed E-state index contributed by atoms with van der Waals surface area (Å²) in [4.78, 5) is 15.3. The lowest BCUT2D eigenvalue weighted by atomic mass is 9.99. The van der Waals surface area contributed by atoms with Crippen LogP contribution in [0.25, 0.3) is 27.6 Å². The van der Waals surface area contributed by atoms with E-state index in [1.54, 1.807) is 7.05 Å². The molecule has 2 atom stereocenters. The summed E-state index contributed by atoms with van der Waals surface area (Å²) in [5.41, 5.74) is 5.87. The SMILES string of the molecule is CCNC(=O)C1CCC(C)C1.CN=C/C=C(\C)c1ccc(-c2cccc3[nH]ncc23)cc1. The van der Waals surface area contributed by atoms with Crippen LogP contribution in [-0.2, 0) is 4.79 Å². The third-order valence-corrected chi connectivity index (χ3v) is 6.03. The van der Waals surface area contributed by atoms with Crippen molar-refractivity contribution in [2.45, 2.75) is 40.0 Å². The summed E-state index contributed by atoms with van der Waals surface area (Å²) >= 11 is 0. The highest BCUT2D eigenvalue weighted by atomic mass is 16.1. The Kier molecular flexibility index (Phi) is 8.37. The van der Waals surface area contributed by atoms with Gasteiger partial charge in [-0.3, -0.25) is 14.9 Å². The number of H-pyrrole nitrogens is 1. The Bertz CT molecular complexity index is 1080. The molecule has 1 aliphatic rings. The second-order valence-corrected chi connectivity index (χ2v) is 8.48. The van der Waals surface area contributed by atoms with Gasteiger partial charge < -0.3 is 5.32 Å². The number of rotatable bonds is 5. The van der Waals surface area contributed by atoms with Crippen molar-refractivity contribution in [3.63, 3.8) is 0 Å². The standard InChI is InChI=1S/C18H17N3.C9H17NO/c1-13(10-11-19-2)14-6-8-15(9-7-14)16-4-3-5-18-17(16)12-20-21-18;1-3-10-9(11)8-5-4-7(2)6-8/h3-12H,1-2H3,(H,20,21);7-8H,3-6H2,1-2H3,(H,10,11)/b13-10+,19-11?;. The van der Waals surface area contributed by atoms with Crippen LogP contribution in [0, 0.1) is 11.8 Å². The van der Waals surface area contributed by atoms with Crippen LogP contribution in [0.4, 0.5) is 0 Å². The Hall–Kier alpha value is -3.21. The fraction of sp³-hybridized carbons (Fsp3) is 0.370. The minimum atomic E-state index is 0.261. The highest BCUT2D eigenvalue weighted by Crippen LogP contribution is 2.30. The maximum atomic E-state index is 11.3. The largest absolute Gasteiger partial charge is 0.356 e. The van der Waals surface area contributed by atoms with Gasteiger partial charge in [-0.2, -0.15) is 5.10 Å². The predicted octanol–water partition coefficient (Wildman–Crippen LogP) is 5.89. The molecule has 3 aromatic rings. The van der Waals surface area contributed by atoms with Crippen molar-refractivity contribution >= 4 is 28.6 Å². The van der Waals surface area contributed by atoms with Crippen LogP contribution in [0.5, 0.6) is 0 Å². The summed E-state index contributed by atoms with van der Waals surface area (Å²) in [6.45, 7) is 7.05. The van der Waals surface area contributed by atoms with Crippen molar-refractivity contribution in [1.29, 1.82) is 0 Å². The Labute approximate surface area is 191 Å². The summed E-state index contributed by atoms with van der Waals surface area (Å²) in [5, 5.41) is 11.1. The van der Waals surface area contributed by atoms with E-state index in [1.807, 2.05) is 37.5 Å². The molecule has 4 rings (SSSR count). The fourth-order valence-corrected chi connectivity index (χ4v) is 4.18. The van der Waals surface area contributed by atoms with Crippen LogP contribution in [-0.4, -0.2) is 35.9 Å². The minimum Gasteiger partial charge on any atom is -0.356 e. The number of hydrogen-bond acceptors (Lipinski definition) is 3. The number of nitrogens with one attached hydrogen (secondary N) is 2. The zero-order chi connectivity index (χ0) is 22.9. The van der Waals surface area contributed by atoms with Crippen molar-refractivity contribution in [2.24, 2.45) is 16.8 Å². The number of fused-ring (bicyclic) bond motifs is 1. The first kappa shape index (κ1) is 23.5. The second-order valence-electron chi connectivity index (χ2n) is 8.48. The molecule has 0 bridgehead atoms. The number of hydrogen-bond donors (Lipinski definition) is 2. The maximum absolute atomic E-state index is 11.3. The average Bonchev–Trinajstić information content (AvgIpc) is 3.47. The number of allylic oxidation sites excluding steroid dienone is 2. The molecule has 0 radical (unpaired) electrons. The van der Waals surface area contributed by atoms with E-state index < -0.39 is 0 Å². The van der Waals surface area contributed by atoms with Crippen LogP contribution in [0.15, 0.2) is 59.7 Å². The molecule has 0 aliphatic heterocycles. The lowest BCUT2D eigenvalue weighted by Crippen LogP contribution is -2.28. The predicted molar refractivity (Wildman–Crippen MR) is 135 cm³/mol.